The molecule has 4 aromatic rings. The van der Waals surface area contributed by atoms with Gasteiger partial charge in [0.05, 0.1) is 12.0 Å². The average molecular weight is 553 g/mol. The van der Waals surface area contributed by atoms with Crippen molar-refractivity contribution in [3.05, 3.63) is 82.8 Å². The van der Waals surface area contributed by atoms with Gasteiger partial charge < -0.3 is 21.0 Å². The summed E-state index contributed by atoms with van der Waals surface area (Å²) in [6.45, 7) is 2.02. The normalized spacial score (nSPS) is 15.5. The highest BCUT2D eigenvalue weighted by Gasteiger charge is 2.32. The van der Waals surface area contributed by atoms with Crippen LogP contribution in [0.1, 0.15) is 46.7 Å². The van der Waals surface area contributed by atoms with E-state index in [-0.39, 0.29) is 30.7 Å². The lowest BCUT2D eigenvalue weighted by atomic mass is 9.99. The van der Waals surface area contributed by atoms with Crippen LogP contribution in [0.15, 0.2) is 53.9 Å². The number of H-pyrrole nitrogens is 1. The molecule has 0 amide bonds. The number of halogens is 4. The highest BCUT2D eigenvalue weighted by molar-refractivity contribution is 5.91. The summed E-state index contributed by atoms with van der Waals surface area (Å²) >= 11 is 0. The molecule has 0 radical (unpaired) electrons. The molecule has 0 saturated carbocycles. The SMILES string of the molecule is N=CC(C=NC1CCNCC1)c1cnc2[nH]cc(Cc3ccc(NCc4ccc(C(F)(F)F)nc4)nc3F)c2c1. The van der Waals surface area contributed by atoms with Crippen LogP contribution < -0.4 is 10.6 Å². The Labute approximate surface area is 227 Å². The minimum Gasteiger partial charge on any atom is -0.366 e. The monoisotopic (exact) mass is 552 g/mol. The quantitative estimate of drug-likeness (QED) is 0.128. The number of aliphatic imine (C=N–C) groups is 1. The smallest absolute Gasteiger partial charge is 0.366 e. The molecule has 4 aromatic heterocycles. The maximum absolute atomic E-state index is 14.9. The number of piperidine rings is 1. The van der Waals surface area contributed by atoms with E-state index in [1.807, 2.05) is 12.3 Å². The third-order valence-corrected chi connectivity index (χ3v) is 6.86. The van der Waals surface area contributed by atoms with Crippen molar-refractivity contribution in [1.29, 1.82) is 5.41 Å². The van der Waals surface area contributed by atoms with Gasteiger partial charge in [-0.05, 0) is 60.8 Å². The topological polar surface area (TPSA) is 115 Å². The lowest BCUT2D eigenvalue weighted by molar-refractivity contribution is -0.141. The fourth-order valence-corrected chi connectivity index (χ4v) is 4.59. The van der Waals surface area contributed by atoms with Crippen LogP contribution in [-0.2, 0) is 19.1 Å². The van der Waals surface area contributed by atoms with Crippen molar-refractivity contribution in [2.24, 2.45) is 4.99 Å². The number of hydrogen-bond donors (Lipinski definition) is 4. The molecule has 1 aliphatic rings. The van der Waals surface area contributed by atoms with Gasteiger partial charge in [0.1, 0.15) is 17.2 Å². The van der Waals surface area contributed by atoms with Crippen LogP contribution in [-0.4, -0.2) is 51.5 Å². The molecular formula is C28H28F4N8. The van der Waals surface area contributed by atoms with Crippen LogP contribution in [0.25, 0.3) is 11.0 Å². The number of nitrogens with zero attached hydrogens (tertiary/aromatic N) is 4. The first-order chi connectivity index (χ1) is 19.3. The van der Waals surface area contributed by atoms with E-state index in [2.05, 4.69) is 30.6 Å². The molecule has 8 nitrogen and oxygen atoms in total. The highest BCUT2D eigenvalue weighted by atomic mass is 19.4. The summed E-state index contributed by atoms with van der Waals surface area (Å²) in [4.78, 5) is 19.7. The molecule has 12 heteroatoms. The minimum absolute atomic E-state index is 0.142. The summed E-state index contributed by atoms with van der Waals surface area (Å²) in [5.74, 6) is -0.704. The van der Waals surface area contributed by atoms with Gasteiger partial charge in [-0.1, -0.05) is 12.1 Å². The van der Waals surface area contributed by atoms with Crippen molar-refractivity contribution in [2.45, 2.75) is 43.9 Å². The standard InChI is InChI=1S/C28H28F4N8/c29-26-18(2-4-25(40-26)37-13-17-1-3-24(36-12-17)28(30,31)32)9-20-15-39-27-23(20)10-19(14-38-27)21(11-33)16-35-22-5-7-34-8-6-22/h1-4,10-12,14-16,21-22,33-34H,5-9,13H2,(H,37,40)(H,38,39). The maximum atomic E-state index is 14.9. The number of alkyl halides is 3. The Morgan fingerprint density at radius 3 is 2.62 bits per heavy atom. The van der Waals surface area contributed by atoms with Crippen molar-refractivity contribution in [3.63, 3.8) is 0 Å². The first-order valence-corrected chi connectivity index (χ1v) is 12.9. The Balaban J connectivity index is 1.27. The Hall–Kier alpha value is -4.19. The van der Waals surface area contributed by atoms with Gasteiger partial charge in [0, 0.05) is 54.9 Å². The van der Waals surface area contributed by atoms with E-state index in [1.54, 1.807) is 24.5 Å². The van der Waals surface area contributed by atoms with Gasteiger partial charge in [-0.3, -0.25) is 9.98 Å². The van der Waals surface area contributed by atoms with Crippen molar-refractivity contribution in [2.75, 3.05) is 18.4 Å². The summed E-state index contributed by atoms with van der Waals surface area (Å²) in [5.41, 5.74) is 2.24. The van der Waals surface area contributed by atoms with Gasteiger partial charge in [-0.25, -0.2) is 9.97 Å². The van der Waals surface area contributed by atoms with Crippen LogP contribution in [0.5, 0.6) is 0 Å². The molecule has 0 bridgehead atoms. The van der Waals surface area contributed by atoms with E-state index in [0.29, 0.717) is 16.8 Å². The zero-order chi connectivity index (χ0) is 28.1. The maximum Gasteiger partial charge on any atom is 0.433 e. The summed E-state index contributed by atoms with van der Waals surface area (Å²) in [6, 6.07) is 7.67. The van der Waals surface area contributed by atoms with Crippen LogP contribution in [0, 0.1) is 11.4 Å². The van der Waals surface area contributed by atoms with Gasteiger partial charge in [-0.2, -0.15) is 17.6 Å². The van der Waals surface area contributed by atoms with Crippen LogP contribution >= 0.6 is 0 Å². The number of hydrogen-bond acceptors (Lipinski definition) is 7. The van der Waals surface area contributed by atoms with Crippen LogP contribution in [0.2, 0.25) is 0 Å². The first-order valence-electron chi connectivity index (χ1n) is 12.9. The lowest BCUT2D eigenvalue weighted by Gasteiger charge is -2.19. The van der Waals surface area contributed by atoms with Crippen molar-refractivity contribution < 1.29 is 17.6 Å². The minimum atomic E-state index is -4.50. The van der Waals surface area contributed by atoms with Crippen molar-refractivity contribution in [3.8, 4) is 0 Å². The second-order valence-electron chi connectivity index (χ2n) is 9.68. The van der Waals surface area contributed by atoms with E-state index in [9.17, 15) is 17.6 Å². The molecule has 208 valence electrons. The number of pyridine rings is 3. The van der Waals surface area contributed by atoms with E-state index >= 15 is 0 Å². The number of nitrogens with one attached hydrogen (secondary N) is 4. The van der Waals surface area contributed by atoms with Crippen LogP contribution in [0.3, 0.4) is 0 Å². The Morgan fingerprint density at radius 1 is 1.10 bits per heavy atom. The largest absolute Gasteiger partial charge is 0.433 e. The number of fused-ring (bicyclic) bond motifs is 1. The molecule has 0 spiro atoms. The number of aromatic amines is 1. The highest BCUT2D eigenvalue weighted by Crippen LogP contribution is 2.28. The van der Waals surface area contributed by atoms with Gasteiger partial charge in [0.15, 0.2) is 0 Å². The first kappa shape index (κ1) is 27.4. The van der Waals surface area contributed by atoms with Crippen molar-refractivity contribution in [1.82, 2.24) is 25.3 Å². The zero-order valence-corrected chi connectivity index (χ0v) is 21.5. The van der Waals surface area contributed by atoms with Gasteiger partial charge >= 0.3 is 6.18 Å². The molecule has 40 heavy (non-hydrogen) atoms. The molecule has 4 N–H and O–H groups in total. The lowest BCUT2D eigenvalue weighted by Crippen LogP contribution is -2.30. The molecule has 1 aliphatic heterocycles. The second-order valence-corrected chi connectivity index (χ2v) is 9.68. The molecule has 0 aromatic carbocycles. The fourth-order valence-electron chi connectivity index (χ4n) is 4.59. The molecule has 0 aliphatic carbocycles. The third-order valence-electron chi connectivity index (χ3n) is 6.86. The molecule has 1 saturated heterocycles. The van der Waals surface area contributed by atoms with Crippen LogP contribution in [0.4, 0.5) is 23.4 Å². The summed E-state index contributed by atoms with van der Waals surface area (Å²) in [7, 11) is 0. The number of rotatable bonds is 9. The molecule has 1 fully saturated rings. The van der Waals surface area contributed by atoms with Gasteiger partial charge in [-0.15, -0.1) is 0 Å². The fraction of sp³-hybridized carbons (Fsp3) is 0.321. The predicted molar refractivity (Wildman–Crippen MR) is 146 cm³/mol. The van der Waals surface area contributed by atoms with E-state index in [0.717, 1.165) is 54.7 Å². The molecule has 1 unspecified atom stereocenters. The van der Waals surface area contributed by atoms with Gasteiger partial charge in [0.25, 0.3) is 0 Å². The Morgan fingerprint density at radius 2 is 1.93 bits per heavy atom. The van der Waals surface area contributed by atoms with Gasteiger partial charge in [0.2, 0.25) is 5.95 Å². The molecule has 1 atom stereocenters. The van der Waals surface area contributed by atoms with E-state index in [4.69, 9.17) is 10.4 Å². The summed E-state index contributed by atoms with van der Waals surface area (Å²) in [5, 5.41) is 15.0. The zero-order valence-electron chi connectivity index (χ0n) is 21.5. The molecule has 5 heterocycles. The van der Waals surface area contributed by atoms with Crippen molar-refractivity contribution >= 4 is 29.3 Å². The Kier molecular flexibility index (Phi) is 8.15. The van der Waals surface area contributed by atoms with E-state index in [1.165, 1.54) is 12.3 Å². The average Bonchev–Trinajstić information content (AvgIpc) is 3.36. The second kappa shape index (κ2) is 11.9. The Bertz CT molecular complexity index is 1490. The van der Waals surface area contributed by atoms with E-state index < -0.39 is 17.8 Å². The summed E-state index contributed by atoms with van der Waals surface area (Å²) < 4.78 is 53.0. The predicted octanol–water partition coefficient (Wildman–Crippen LogP) is 5.27. The molecular weight excluding hydrogens is 524 g/mol. The summed E-state index contributed by atoms with van der Waals surface area (Å²) in [6.07, 6.45) is 5.51. The number of anilines is 1. The molecule has 5 rings (SSSR count). The number of aromatic nitrogens is 4. The third kappa shape index (κ3) is 6.50.